The highest BCUT2D eigenvalue weighted by Crippen LogP contribution is 2.43. The molecule has 3 nitrogen and oxygen atoms in total. The van der Waals surface area contributed by atoms with Crippen molar-refractivity contribution in [1.29, 1.82) is 0 Å². The fourth-order valence-electron chi connectivity index (χ4n) is 1.93. The van der Waals surface area contributed by atoms with Crippen molar-refractivity contribution in [2.75, 3.05) is 0 Å². The molecule has 0 spiro atoms. The summed E-state index contributed by atoms with van der Waals surface area (Å²) in [5.41, 5.74) is 2.73. The number of aromatic nitrogens is 3. The maximum absolute atomic E-state index is 4.31. The Kier molecular flexibility index (Phi) is 1.79. The predicted octanol–water partition coefficient (Wildman–Crippen LogP) is 2.39. The van der Waals surface area contributed by atoms with Crippen LogP contribution in [0.5, 0.6) is 0 Å². The van der Waals surface area contributed by atoms with Crippen molar-refractivity contribution in [3.05, 3.63) is 11.4 Å². The third-order valence-corrected chi connectivity index (χ3v) is 3.09. The Labute approximate surface area is 85.5 Å². The third kappa shape index (κ3) is 1.35. The van der Waals surface area contributed by atoms with Gasteiger partial charge in [-0.1, -0.05) is 26.0 Å². The minimum Gasteiger partial charge on any atom is -0.244 e. The van der Waals surface area contributed by atoms with E-state index in [1.807, 2.05) is 0 Å². The second-order valence-corrected chi connectivity index (χ2v) is 5.68. The predicted molar refractivity (Wildman–Crippen MR) is 56.3 cm³/mol. The first-order valence-corrected chi connectivity index (χ1v) is 5.28. The molecule has 1 aliphatic carbocycles. The molecule has 0 atom stereocenters. The fraction of sp³-hybridized carbons (Fsp3) is 0.818. The SMILES string of the molecule is Cc1c(C(C)(C)C)nnn1C1(C)CC1. The molecule has 0 saturated heterocycles. The van der Waals surface area contributed by atoms with E-state index in [0.717, 1.165) is 5.69 Å². The highest BCUT2D eigenvalue weighted by atomic mass is 15.5. The standard InChI is InChI=1S/C11H19N3/c1-8-9(10(2,3)4)12-13-14(8)11(5)6-7-11/h6-7H2,1-5H3. The van der Waals surface area contributed by atoms with Crippen LogP contribution in [0.1, 0.15) is 51.9 Å². The molecule has 0 bridgehead atoms. The molecule has 1 aromatic heterocycles. The monoisotopic (exact) mass is 193 g/mol. The Morgan fingerprint density at radius 2 is 1.86 bits per heavy atom. The van der Waals surface area contributed by atoms with Crippen LogP contribution >= 0.6 is 0 Å². The first-order valence-electron chi connectivity index (χ1n) is 5.28. The van der Waals surface area contributed by atoms with Crippen LogP contribution in [-0.4, -0.2) is 15.0 Å². The summed E-state index contributed by atoms with van der Waals surface area (Å²) in [4.78, 5) is 0. The van der Waals surface area contributed by atoms with Crippen LogP contribution in [0.3, 0.4) is 0 Å². The van der Waals surface area contributed by atoms with Crippen molar-refractivity contribution in [3.63, 3.8) is 0 Å². The van der Waals surface area contributed by atoms with Gasteiger partial charge in [-0.3, -0.25) is 0 Å². The van der Waals surface area contributed by atoms with E-state index in [1.165, 1.54) is 18.5 Å². The van der Waals surface area contributed by atoms with Gasteiger partial charge >= 0.3 is 0 Å². The molecule has 78 valence electrons. The van der Waals surface area contributed by atoms with Crippen molar-refractivity contribution in [1.82, 2.24) is 15.0 Å². The fourth-order valence-corrected chi connectivity index (χ4v) is 1.93. The molecule has 1 saturated carbocycles. The van der Waals surface area contributed by atoms with Gasteiger partial charge in [0.05, 0.1) is 16.9 Å². The minimum atomic E-state index is 0.105. The number of hydrogen-bond acceptors (Lipinski definition) is 2. The van der Waals surface area contributed by atoms with E-state index < -0.39 is 0 Å². The average Bonchev–Trinajstić information content (AvgIpc) is 2.60. The molecule has 0 aliphatic heterocycles. The summed E-state index contributed by atoms with van der Waals surface area (Å²) in [5, 5.41) is 8.59. The first-order chi connectivity index (χ1) is 6.34. The van der Waals surface area contributed by atoms with Gasteiger partial charge in [-0.2, -0.15) is 0 Å². The van der Waals surface area contributed by atoms with Gasteiger partial charge in [0.15, 0.2) is 0 Å². The van der Waals surface area contributed by atoms with Crippen molar-refractivity contribution >= 4 is 0 Å². The maximum atomic E-state index is 4.31. The van der Waals surface area contributed by atoms with Crippen LogP contribution in [-0.2, 0) is 11.0 Å². The molecule has 1 aliphatic rings. The molecule has 14 heavy (non-hydrogen) atoms. The van der Waals surface area contributed by atoms with Gasteiger partial charge in [0.25, 0.3) is 0 Å². The Bertz CT molecular complexity index is 330. The van der Waals surface area contributed by atoms with Crippen molar-refractivity contribution in [2.45, 2.75) is 58.4 Å². The molecule has 1 aromatic rings. The van der Waals surface area contributed by atoms with Gasteiger partial charge in [-0.15, -0.1) is 5.10 Å². The third-order valence-electron chi connectivity index (χ3n) is 3.09. The molecule has 0 amide bonds. The lowest BCUT2D eigenvalue weighted by Gasteiger charge is -2.17. The van der Waals surface area contributed by atoms with E-state index in [4.69, 9.17) is 0 Å². The Balaban J connectivity index is 2.43. The summed E-state index contributed by atoms with van der Waals surface area (Å²) in [6.07, 6.45) is 2.47. The molecule has 1 heterocycles. The van der Waals surface area contributed by atoms with Crippen LogP contribution in [0.2, 0.25) is 0 Å². The highest BCUT2D eigenvalue weighted by molar-refractivity contribution is 5.19. The number of rotatable bonds is 1. The average molecular weight is 193 g/mol. The summed E-state index contributed by atoms with van der Waals surface area (Å²) in [5.74, 6) is 0. The Morgan fingerprint density at radius 1 is 1.29 bits per heavy atom. The van der Waals surface area contributed by atoms with Gasteiger partial charge in [0.2, 0.25) is 0 Å². The largest absolute Gasteiger partial charge is 0.244 e. The zero-order chi connectivity index (χ0) is 10.6. The van der Waals surface area contributed by atoms with Gasteiger partial charge in [-0.25, -0.2) is 4.68 Å². The van der Waals surface area contributed by atoms with E-state index >= 15 is 0 Å². The van der Waals surface area contributed by atoms with E-state index in [0.29, 0.717) is 0 Å². The van der Waals surface area contributed by atoms with Crippen LogP contribution in [0, 0.1) is 6.92 Å². The lowest BCUT2D eigenvalue weighted by Crippen LogP contribution is -2.18. The van der Waals surface area contributed by atoms with Crippen molar-refractivity contribution in [2.24, 2.45) is 0 Å². The van der Waals surface area contributed by atoms with Crippen LogP contribution in [0.25, 0.3) is 0 Å². The zero-order valence-corrected chi connectivity index (χ0v) is 9.76. The molecular formula is C11H19N3. The molecular weight excluding hydrogens is 174 g/mol. The highest BCUT2D eigenvalue weighted by Gasteiger charge is 2.42. The second kappa shape index (κ2) is 2.59. The molecule has 0 unspecified atom stereocenters. The van der Waals surface area contributed by atoms with Crippen LogP contribution < -0.4 is 0 Å². The van der Waals surface area contributed by atoms with Crippen LogP contribution in [0.15, 0.2) is 0 Å². The van der Waals surface area contributed by atoms with E-state index in [2.05, 4.69) is 49.6 Å². The summed E-state index contributed by atoms with van der Waals surface area (Å²) >= 11 is 0. The Hall–Kier alpha value is -0.860. The molecule has 1 fully saturated rings. The quantitative estimate of drug-likeness (QED) is 0.685. The van der Waals surface area contributed by atoms with E-state index in [-0.39, 0.29) is 11.0 Å². The summed E-state index contributed by atoms with van der Waals surface area (Å²) in [7, 11) is 0. The first kappa shape index (κ1) is 9.69. The van der Waals surface area contributed by atoms with Crippen molar-refractivity contribution < 1.29 is 0 Å². The normalized spacial score (nSPS) is 19.8. The second-order valence-electron chi connectivity index (χ2n) is 5.68. The smallest absolute Gasteiger partial charge is 0.0909 e. The number of nitrogens with zero attached hydrogens (tertiary/aromatic N) is 3. The van der Waals surface area contributed by atoms with Gasteiger partial charge in [0, 0.05) is 5.41 Å². The Morgan fingerprint density at radius 3 is 2.21 bits per heavy atom. The summed E-state index contributed by atoms with van der Waals surface area (Å²) in [6, 6.07) is 0. The lowest BCUT2D eigenvalue weighted by molar-refractivity contribution is 0.447. The van der Waals surface area contributed by atoms with E-state index in [9.17, 15) is 0 Å². The van der Waals surface area contributed by atoms with Crippen LogP contribution in [0.4, 0.5) is 0 Å². The molecule has 0 aromatic carbocycles. The summed E-state index contributed by atoms with van der Waals surface area (Å²) < 4.78 is 2.10. The van der Waals surface area contributed by atoms with Crippen molar-refractivity contribution in [3.8, 4) is 0 Å². The minimum absolute atomic E-state index is 0.105. The van der Waals surface area contributed by atoms with E-state index in [1.54, 1.807) is 0 Å². The van der Waals surface area contributed by atoms with Gasteiger partial charge in [-0.05, 0) is 26.7 Å². The molecule has 0 radical (unpaired) electrons. The molecule has 0 N–H and O–H groups in total. The lowest BCUT2D eigenvalue weighted by atomic mass is 9.91. The number of hydrogen-bond donors (Lipinski definition) is 0. The molecule has 2 rings (SSSR count). The molecule has 3 heteroatoms. The zero-order valence-electron chi connectivity index (χ0n) is 9.76. The summed E-state index contributed by atoms with van der Waals surface area (Å²) in [6.45, 7) is 10.9. The van der Waals surface area contributed by atoms with Gasteiger partial charge in [0.1, 0.15) is 0 Å². The van der Waals surface area contributed by atoms with Gasteiger partial charge < -0.3 is 0 Å². The maximum Gasteiger partial charge on any atom is 0.0909 e. The topological polar surface area (TPSA) is 30.7 Å².